The average molecular weight is 339 g/mol. The van der Waals surface area contributed by atoms with E-state index in [4.69, 9.17) is 13.9 Å². The van der Waals surface area contributed by atoms with E-state index in [0.717, 1.165) is 0 Å². The second-order valence-corrected chi connectivity index (χ2v) is 4.61. The van der Waals surface area contributed by atoms with Gasteiger partial charge >= 0.3 is 5.97 Å². The van der Waals surface area contributed by atoms with Crippen molar-refractivity contribution in [1.82, 2.24) is 0 Å². The van der Waals surface area contributed by atoms with E-state index < -0.39 is 5.97 Å². The van der Waals surface area contributed by atoms with Gasteiger partial charge in [-0.05, 0) is 52.3 Å². The van der Waals surface area contributed by atoms with Crippen molar-refractivity contribution in [2.75, 3.05) is 13.7 Å². The van der Waals surface area contributed by atoms with Crippen LogP contribution in [0.2, 0.25) is 0 Å². The van der Waals surface area contributed by atoms with Crippen LogP contribution in [0.3, 0.4) is 0 Å². The van der Waals surface area contributed by atoms with Crippen molar-refractivity contribution in [3.63, 3.8) is 0 Å². The molecule has 0 atom stereocenters. The van der Waals surface area contributed by atoms with Gasteiger partial charge in [-0.3, -0.25) is 4.79 Å². The van der Waals surface area contributed by atoms with Crippen LogP contribution in [-0.2, 0) is 4.74 Å². The van der Waals surface area contributed by atoms with Crippen molar-refractivity contribution in [3.05, 3.63) is 52.4 Å². The highest BCUT2D eigenvalue weighted by atomic mass is 79.9. The van der Waals surface area contributed by atoms with Gasteiger partial charge in [0.05, 0.1) is 7.11 Å². The first-order valence-electron chi connectivity index (χ1n) is 5.70. The molecule has 0 radical (unpaired) electrons. The number of Topliss-reactive ketones (excluding diaryl/α,β-unsaturated/α-hetero) is 1. The molecular formula is C14H11BrO5. The van der Waals surface area contributed by atoms with Gasteiger partial charge in [0.15, 0.2) is 17.1 Å². The smallest absolute Gasteiger partial charge is 0.374 e. The predicted octanol–water partition coefficient (Wildman–Crippen LogP) is 3.09. The first kappa shape index (κ1) is 14.3. The van der Waals surface area contributed by atoms with Crippen LogP contribution < -0.4 is 4.74 Å². The number of esters is 1. The van der Waals surface area contributed by atoms with Crippen LogP contribution in [-0.4, -0.2) is 25.5 Å². The van der Waals surface area contributed by atoms with E-state index in [1.54, 1.807) is 37.4 Å². The van der Waals surface area contributed by atoms with Crippen LogP contribution in [0.1, 0.15) is 20.9 Å². The molecule has 0 aliphatic carbocycles. The molecule has 5 nitrogen and oxygen atoms in total. The fraction of sp³-hybridized carbons (Fsp3) is 0.143. The van der Waals surface area contributed by atoms with E-state index in [0.29, 0.717) is 16.0 Å². The van der Waals surface area contributed by atoms with Gasteiger partial charge in [0.25, 0.3) is 0 Å². The maximum Gasteiger partial charge on any atom is 0.374 e. The average Bonchev–Trinajstić information content (AvgIpc) is 2.91. The van der Waals surface area contributed by atoms with Gasteiger partial charge in [0.2, 0.25) is 5.76 Å². The lowest BCUT2D eigenvalue weighted by Gasteiger charge is -2.04. The zero-order valence-electron chi connectivity index (χ0n) is 10.6. The summed E-state index contributed by atoms with van der Waals surface area (Å²) in [4.78, 5) is 23.4. The third kappa shape index (κ3) is 3.48. The minimum absolute atomic E-state index is 0.0411. The molecule has 6 heteroatoms. The van der Waals surface area contributed by atoms with Crippen molar-refractivity contribution in [3.8, 4) is 5.75 Å². The Bertz CT molecular complexity index is 615. The fourth-order valence-corrected chi connectivity index (χ4v) is 1.79. The number of hydrogen-bond acceptors (Lipinski definition) is 5. The SMILES string of the molecule is COc1ccc(C(=O)COC(=O)c2ccc(Br)o2)cc1. The molecular weight excluding hydrogens is 328 g/mol. The van der Waals surface area contributed by atoms with Crippen molar-refractivity contribution >= 4 is 27.7 Å². The van der Waals surface area contributed by atoms with E-state index in [1.165, 1.54) is 6.07 Å². The molecule has 20 heavy (non-hydrogen) atoms. The van der Waals surface area contributed by atoms with Crippen molar-refractivity contribution in [2.24, 2.45) is 0 Å². The van der Waals surface area contributed by atoms with Gasteiger partial charge in [-0.1, -0.05) is 0 Å². The summed E-state index contributed by atoms with van der Waals surface area (Å²) in [5, 5.41) is 0. The first-order valence-corrected chi connectivity index (χ1v) is 6.49. The first-order chi connectivity index (χ1) is 9.60. The Balaban J connectivity index is 1.92. The molecule has 0 bridgehead atoms. The molecule has 104 valence electrons. The molecule has 0 saturated carbocycles. The van der Waals surface area contributed by atoms with E-state index >= 15 is 0 Å². The number of carbonyl (C=O) groups is 2. The Morgan fingerprint density at radius 1 is 1.15 bits per heavy atom. The molecule has 0 N–H and O–H groups in total. The standard InChI is InChI=1S/C14H11BrO5/c1-18-10-4-2-9(3-5-10)11(16)8-19-14(17)12-6-7-13(15)20-12/h2-7H,8H2,1H3. The van der Waals surface area contributed by atoms with E-state index in [9.17, 15) is 9.59 Å². The van der Waals surface area contributed by atoms with E-state index in [-0.39, 0.29) is 18.2 Å². The number of furan rings is 1. The highest BCUT2D eigenvalue weighted by Gasteiger charge is 2.15. The molecule has 0 spiro atoms. The van der Waals surface area contributed by atoms with Gasteiger partial charge < -0.3 is 13.9 Å². The molecule has 0 aliphatic rings. The Labute approximate surface area is 123 Å². The summed E-state index contributed by atoms with van der Waals surface area (Å²) in [5.74, 6) is -0.289. The summed E-state index contributed by atoms with van der Waals surface area (Å²) in [6, 6.07) is 9.58. The van der Waals surface area contributed by atoms with Crippen LogP contribution in [0.5, 0.6) is 5.75 Å². The van der Waals surface area contributed by atoms with Crippen LogP contribution in [0.4, 0.5) is 0 Å². The highest BCUT2D eigenvalue weighted by Crippen LogP contribution is 2.15. The van der Waals surface area contributed by atoms with Crippen LogP contribution in [0, 0.1) is 0 Å². The number of halogens is 1. The second kappa shape index (κ2) is 6.38. The summed E-state index contributed by atoms with van der Waals surface area (Å²) in [5.41, 5.74) is 0.444. The minimum Gasteiger partial charge on any atom is -0.497 e. The predicted molar refractivity (Wildman–Crippen MR) is 74.0 cm³/mol. The van der Waals surface area contributed by atoms with Crippen LogP contribution in [0.15, 0.2) is 45.5 Å². The van der Waals surface area contributed by atoms with E-state index in [2.05, 4.69) is 15.9 Å². The van der Waals surface area contributed by atoms with Crippen LogP contribution in [0.25, 0.3) is 0 Å². The van der Waals surface area contributed by atoms with Gasteiger partial charge in [-0.25, -0.2) is 4.79 Å². The Hall–Kier alpha value is -2.08. The number of hydrogen-bond donors (Lipinski definition) is 0. The number of carbonyl (C=O) groups excluding carboxylic acids is 2. The summed E-state index contributed by atoms with van der Waals surface area (Å²) >= 11 is 3.08. The number of ether oxygens (including phenoxy) is 2. The summed E-state index contributed by atoms with van der Waals surface area (Å²) < 4.78 is 15.3. The normalized spacial score (nSPS) is 10.1. The molecule has 0 amide bonds. The molecule has 0 fully saturated rings. The number of benzene rings is 1. The third-order valence-electron chi connectivity index (χ3n) is 2.52. The van der Waals surface area contributed by atoms with Gasteiger partial charge in [0, 0.05) is 5.56 Å². The highest BCUT2D eigenvalue weighted by molar-refractivity contribution is 9.10. The topological polar surface area (TPSA) is 65.7 Å². The second-order valence-electron chi connectivity index (χ2n) is 3.83. The lowest BCUT2D eigenvalue weighted by Crippen LogP contribution is -2.13. The molecule has 0 unspecified atom stereocenters. The zero-order valence-corrected chi connectivity index (χ0v) is 12.2. The lowest BCUT2D eigenvalue weighted by molar-refractivity contribution is 0.0442. The number of methoxy groups -OCH3 is 1. The maximum absolute atomic E-state index is 11.8. The third-order valence-corrected chi connectivity index (χ3v) is 2.95. The largest absolute Gasteiger partial charge is 0.497 e. The van der Waals surface area contributed by atoms with Crippen molar-refractivity contribution < 1.29 is 23.5 Å². The van der Waals surface area contributed by atoms with Crippen LogP contribution >= 0.6 is 15.9 Å². The molecule has 1 aromatic heterocycles. The Morgan fingerprint density at radius 3 is 2.40 bits per heavy atom. The van der Waals surface area contributed by atoms with Crippen molar-refractivity contribution in [1.29, 1.82) is 0 Å². The molecule has 0 saturated heterocycles. The van der Waals surface area contributed by atoms with Gasteiger partial charge in [-0.2, -0.15) is 0 Å². The molecule has 2 rings (SSSR count). The number of rotatable bonds is 5. The number of ketones is 1. The molecule has 1 aromatic carbocycles. The van der Waals surface area contributed by atoms with Gasteiger partial charge in [-0.15, -0.1) is 0 Å². The summed E-state index contributed by atoms with van der Waals surface area (Å²) in [6.07, 6.45) is 0. The molecule has 1 heterocycles. The lowest BCUT2D eigenvalue weighted by atomic mass is 10.1. The zero-order chi connectivity index (χ0) is 14.5. The fourth-order valence-electron chi connectivity index (χ4n) is 1.49. The molecule has 0 aliphatic heterocycles. The quantitative estimate of drug-likeness (QED) is 0.619. The minimum atomic E-state index is -0.683. The monoisotopic (exact) mass is 338 g/mol. The summed E-state index contributed by atoms with van der Waals surface area (Å²) in [7, 11) is 1.54. The maximum atomic E-state index is 11.8. The Kier molecular flexibility index (Phi) is 4.57. The van der Waals surface area contributed by atoms with E-state index in [1.807, 2.05) is 0 Å². The Morgan fingerprint density at radius 2 is 1.85 bits per heavy atom. The molecule has 2 aromatic rings. The summed E-state index contributed by atoms with van der Waals surface area (Å²) in [6.45, 7) is -0.344. The van der Waals surface area contributed by atoms with Gasteiger partial charge in [0.1, 0.15) is 5.75 Å². The van der Waals surface area contributed by atoms with Crippen molar-refractivity contribution in [2.45, 2.75) is 0 Å².